The van der Waals surface area contributed by atoms with E-state index in [1.54, 1.807) is 28.8 Å². The van der Waals surface area contributed by atoms with Crippen LogP contribution >= 0.6 is 0 Å². The van der Waals surface area contributed by atoms with E-state index in [9.17, 15) is 19.4 Å². The quantitative estimate of drug-likeness (QED) is 0.450. The van der Waals surface area contributed by atoms with Crippen LogP contribution in [0.25, 0.3) is 23.0 Å². The molecule has 1 fully saturated rings. The molecule has 1 saturated carbocycles. The van der Waals surface area contributed by atoms with E-state index >= 15 is 0 Å². The maximum Gasteiger partial charge on any atom is 0.305 e. The summed E-state index contributed by atoms with van der Waals surface area (Å²) in [5.74, 6) is -0.966. The Morgan fingerprint density at radius 2 is 1.94 bits per heavy atom. The molecule has 8 heteroatoms. The molecule has 0 bridgehead atoms. The molecule has 174 valence electrons. The number of hydrogen-bond acceptors (Lipinski definition) is 5. The van der Waals surface area contributed by atoms with E-state index in [0.29, 0.717) is 5.92 Å². The average Bonchev–Trinajstić information content (AvgIpc) is 3.49. The summed E-state index contributed by atoms with van der Waals surface area (Å²) < 4.78 is 15.4. The Balaban J connectivity index is 1.82. The van der Waals surface area contributed by atoms with Crippen molar-refractivity contribution in [2.24, 2.45) is 0 Å². The molecule has 0 saturated heterocycles. The minimum atomic E-state index is -1.15. The minimum absolute atomic E-state index is 0.0949. The number of aliphatic carboxylic acids is 1. The number of hydrogen-bond donors (Lipinski definition) is 3. The van der Waals surface area contributed by atoms with Gasteiger partial charge in [-0.05, 0) is 43.0 Å². The molecule has 2 heterocycles. The van der Waals surface area contributed by atoms with Gasteiger partial charge in [0.1, 0.15) is 5.82 Å². The summed E-state index contributed by atoms with van der Waals surface area (Å²) in [6.07, 6.45) is 2.61. The van der Waals surface area contributed by atoms with Crippen LogP contribution in [0.1, 0.15) is 68.3 Å². The zero-order chi connectivity index (χ0) is 23.7. The monoisotopic (exact) mass is 453 g/mol. The number of aliphatic hydroxyl groups is 2. The van der Waals surface area contributed by atoms with Crippen LogP contribution in [0.3, 0.4) is 0 Å². The number of rotatable bonds is 9. The molecule has 0 spiro atoms. The molecule has 4 rings (SSSR count). The molecule has 1 aliphatic carbocycles. The van der Waals surface area contributed by atoms with Crippen LogP contribution in [0, 0.1) is 5.82 Å². The molecular weight excluding hydrogens is 425 g/mol. The first kappa shape index (κ1) is 23.1. The van der Waals surface area contributed by atoms with Gasteiger partial charge >= 0.3 is 5.97 Å². The van der Waals surface area contributed by atoms with Gasteiger partial charge in [0, 0.05) is 29.5 Å². The topological polar surface area (TPSA) is 108 Å². The lowest BCUT2D eigenvalue weighted by Gasteiger charge is -2.15. The van der Waals surface area contributed by atoms with E-state index in [0.717, 1.165) is 46.7 Å². The van der Waals surface area contributed by atoms with Crippen molar-refractivity contribution in [2.45, 2.75) is 63.6 Å². The number of aromatic nitrogens is 3. The Labute approximate surface area is 191 Å². The van der Waals surface area contributed by atoms with Crippen molar-refractivity contribution in [1.29, 1.82) is 0 Å². The fourth-order valence-electron chi connectivity index (χ4n) is 3.90. The van der Waals surface area contributed by atoms with Crippen LogP contribution in [0.15, 0.2) is 36.4 Å². The van der Waals surface area contributed by atoms with Crippen LogP contribution in [0.5, 0.6) is 0 Å². The summed E-state index contributed by atoms with van der Waals surface area (Å²) in [5, 5.41) is 33.8. The fourth-order valence-corrected chi connectivity index (χ4v) is 3.90. The van der Waals surface area contributed by atoms with E-state index in [4.69, 9.17) is 15.2 Å². The summed E-state index contributed by atoms with van der Waals surface area (Å²) in [6.45, 7) is 4.11. The van der Waals surface area contributed by atoms with Gasteiger partial charge in [-0.1, -0.05) is 26.0 Å². The summed E-state index contributed by atoms with van der Waals surface area (Å²) in [7, 11) is 0. The Kier molecular flexibility index (Phi) is 6.58. The molecule has 2 aromatic heterocycles. The molecule has 33 heavy (non-hydrogen) atoms. The van der Waals surface area contributed by atoms with Gasteiger partial charge in [-0.3, -0.25) is 4.79 Å². The molecule has 2 atom stereocenters. The second-order valence-corrected chi connectivity index (χ2v) is 8.95. The molecule has 1 aromatic carbocycles. The van der Waals surface area contributed by atoms with Crippen molar-refractivity contribution in [2.75, 3.05) is 0 Å². The number of carbonyl (C=O) groups is 1. The third-order valence-electron chi connectivity index (χ3n) is 5.77. The zero-order valence-corrected chi connectivity index (χ0v) is 18.6. The van der Waals surface area contributed by atoms with Gasteiger partial charge in [-0.2, -0.15) is 5.10 Å². The maximum atomic E-state index is 13.7. The van der Waals surface area contributed by atoms with Crippen LogP contribution in [0.4, 0.5) is 4.39 Å². The van der Waals surface area contributed by atoms with E-state index in [-0.39, 0.29) is 18.2 Å². The van der Waals surface area contributed by atoms with Gasteiger partial charge in [0.05, 0.1) is 35.7 Å². The maximum absolute atomic E-state index is 13.7. The van der Waals surface area contributed by atoms with Gasteiger partial charge in [0.2, 0.25) is 0 Å². The number of halogens is 1. The Bertz CT molecular complexity index is 1180. The highest BCUT2D eigenvalue weighted by molar-refractivity contribution is 5.76. The van der Waals surface area contributed by atoms with Crippen LogP contribution in [0.2, 0.25) is 0 Å². The molecule has 7 nitrogen and oxygen atoms in total. The van der Waals surface area contributed by atoms with E-state index in [2.05, 4.69) is 13.8 Å². The fraction of sp³-hybridized carbons (Fsp3) is 0.400. The highest BCUT2D eigenvalue weighted by Crippen LogP contribution is 2.43. The number of carboxylic acids is 1. The molecule has 2 unspecified atom stereocenters. The van der Waals surface area contributed by atoms with Crippen LogP contribution in [-0.2, 0) is 4.79 Å². The molecule has 3 N–H and O–H groups in total. The van der Waals surface area contributed by atoms with Crippen molar-refractivity contribution in [3.05, 3.63) is 59.2 Å². The van der Waals surface area contributed by atoms with Gasteiger partial charge in [-0.25, -0.2) is 13.9 Å². The second kappa shape index (κ2) is 9.41. The number of carboxylic acid groups (broad SMARTS) is 1. The second-order valence-electron chi connectivity index (χ2n) is 8.95. The van der Waals surface area contributed by atoms with Gasteiger partial charge in [0.25, 0.3) is 0 Å². The standard InChI is InChI=1S/C25H28FN3O4/c1-14(2)21-13-22-27-24(15-3-4-15)20(10-9-18(30)11-19(31)12-23(32)33)25(29(22)28-21)16-5-7-17(26)8-6-16/h5-10,13-15,18-19,30-31H,3-4,11-12H2,1-2H3,(H,32,33)/b10-9+. The van der Waals surface area contributed by atoms with Crippen LogP contribution < -0.4 is 0 Å². The zero-order valence-electron chi connectivity index (χ0n) is 18.6. The third-order valence-corrected chi connectivity index (χ3v) is 5.77. The summed E-state index contributed by atoms with van der Waals surface area (Å²) >= 11 is 0. The number of nitrogens with zero attached hydrogens (tertiary/aromatic N) is 3. The van der Waals surface area contributed by atoms with E-state index < -0.39 is 24.6 Å². The molecule has 1 aliphatic rings. The molecule has 0 aliphatic heterocycles. The first-order chi connectivity index (χ1) is 15.7. The Morgan fingerprint density at radius 1 is 1.24 bits per heavy atom. The lowest BCUT2D eigenvalue weighted by Crippen LogP contribution is -2.19. The first-order valence-electron chi connectivity index (χ1n) is 11.2. The largest absolute Gasteiger partial charge is 0.481 e. The molecule has 0 amide bonds. The van der Waals surface area contributed by atoms with Crippen molar-refractivity contribution in [3.63, 3.8) is 0 Å². The molecule has 3 aromatic rings. The first-order valence-corrected chi connectivity index (χ1v) is 11.2. The molecule has 0 radical (unpaired) electrons. The average molecular weight is 454 g/mol. The predicted octanol–water partition coefficient (Wildman–Crippen LogP) is 4.14. The van der Waals surface area contributed by atoms with Gasteiger partial charge in [-0.15, -0.1) is 0 Å². The van der Waals surface area contributed by atoms with E-state index in [1.165, 1.54) is 12.1 Å². The normalized spacial score (nSPS) is 16.1. The van der Waals surface area contributed by atoms with Crippen LogP contribution in [-0.4, -0.2) is 48.1 Å². The number of benzene rings is 1. The summed E-state index contributed by atoms with van der Waals surface area (Å²) in [6, 6.07) is 8.16. The van der Waals surface area contributed by atoms with Gasteiger partial charge < -0.3 is 15.3 Å². The predicted molar refractivity (Wildman–Crippen MR) is 122 cm³/mol. The smallest absolute Gasteiger partial charge is 0.305 e. The number of aliphatic hydroxyl groups excluding tert-OH is 2. The Hall–Kier alpha value is -3.10. The highest BCUT2D eigenvalue weighted by atomic mass is 19.1. The van der Waals surface area contributed by atoms with Crippen molar-refractivity contribution in [3.8, 4) is 11.3 Å². The Morgan fingerprint density at radius 3 is 2.55 bits per heavy atom. The third kappa shape index (κ3) is 5.29. The summed E-state index contributed by atoms with van der Waals surface area (Å²) in [5.41, 5.74) is 4.81. The summed E-state index contributed by atoms with van der Waals surface area (Å²) in [4.78, 5) is 15.7. The van der Waals surface area contributed by atoms with E-state index in [1.807, 2.05) is 6.07 Å². The van der Waals surface area contributed by atoms with Crippen molar-refractivity contribution in [1.82, 2.24) is 14.6 Å². The van der Waals surface area contributed by atoms with Gasteiger partial charge in [0.15, 0.2) is 5.65 Å². The SMILES string of the molecule is CC(C)c1cc2nc(C3CC3)c(/C=C/C(O)CC(O)CC(=O)O)c(-c3ccc(F)cc3)n2n1. The van der Waals surface area contributed by atoms with Crippen molar-refractivity contribution < 1.29 is 24.5 Å². The molecular formula is C25H28FN3O4. The minimum Gasteiger partial charge on any atom is -0.481 e. The van der Waals surface area contributed by atoms with Crippen molar-refractivity contribution >= 4 is 17.7 Å². The lowest BCUT2D eigenvalue weighted by molar-refractivity contribution is -0.139. The highest BCUT2D eigenvalue weighted by Gasteiger charge is 2.30. The lowest BCUT2D eigenvalue weighted by atomic mass is 10.00. The number of fused-ring (bicyclic) bond motifs is 1.